The summed E-state index contributed by atoms with van der Waals surface area (Å²) in [7, 11) is -9.48. The molecule has 314 valence electrons. The molecule has 0 aromatic heterocycles. The number of rotatable bonds is 20. The molecule has 0 amide bonds. The molecule has 0 unspecified atom stereocenters. The Morgan fingerprint density at radius 2 is 0.564 bits per heavy atom. The van der Waals surface area contributed by atoms with Gasteiger partial charge in [0, 0.05) is 0 Å². The van der Waals surface area contributed by atoms with Gasteiger partial charge in [-0.1, -0.05) is 0 Å². The van der Waals surface area contributed by atoms with Crippen LogP contribution in [0.4, 0.5) is 0 Å². The van der Waals surface area contributed by atoms with Gasteiger partial charge in [0.05, 0.1) is 0 Å². The predicted molar refractivity (Wildman–Crippen MR) is 276 cm³/mol. The molecule has 0 spiro atoms. The maximum absolute atomic E-state index is 2.99. The van der Waals surface area contributed by atoms with Gasteiger partial charge in [0.1, 0.15) is 0 Å². The van der Waals surface area contributed by atoms with Gasteiger partial charge in [-0.15, -0.1) is 0 Å². The van der Waals surface area contributed by atoms with Crippen LogP contribution in [0, 0.1) is 0 Å². The van der Waals surface area contributed by atoms with Crippen molar-refractivity contribution in [1.82, 2.24) is 0 Å². The van der Waals surface area contributed by atoms with E-state index in [1.54, 1.807) is 22.3 Å². The molecule has 0 fully saturated rings. The number of hydrogen-bond acceptors (Lipinski definition) is 0. The van der Waals surface area contributed by atoms with Gasteiger partial charge >= 0.3 is 366 Å². The first kappa shape index (κ1) is 51.7. The summed E-state index contributed by atoms with van der Waals surface area (Å²) in [6.07, 6.45) is 7.50. The average Bonchev–Trinajstić information content (AvgIpc) is 2.97. The zero-order valence-electron chi connectivity index (χ0n) is 41.5. The molecular formula is C48H94Si6Sn. The van der Waals surface area contributed by atoms with Gasteiger partial charge in [0.15, 0.2) is 0 Å². The SMILES string of the molecule is CCC(CC)c1cc(C(CC)CC)[c]([Sn][c]2c(C([Si](C)(C)C)[Si](C)(C)C)cc(C([Si](C)(C)C)[Si](C)(C)C)cc2C([Si](C)(C)C)[Si](C)(C)C)c(C(CC)CC)c1. The van der Waals surface area contributed by atoms with Crippen LogP contribution in [-0.2, 0) is 0 Å². The Morgan fingerprint density at radius 1 is 0.327 bits per heavy atom. The van der Waals surface area contributed by atoms with Crippen molar-refractivity contribution in [1.29, 1.82) is 0 Å². The molecule has 0 aliphatic rings. The van der Waals surface area contributed by atoms with E-state index in [1.807, 2.05) is 18.3 Å². The first-order valence-electron chi connectivity index (χ1n) is 23.0. The van der Waals surface area contributed by atoms with Crippen LogP contribution >= 0.6 is 0 Å². The van der Waals surface area contributed by atoms with Crippen molar-refractivity contribution in [3.8, 4) is 0 Å². The fourth-order valence-electron chi connectivity index (χ4n) is 12.3. The zero-order chi connectivity index (χ0) is 42.9. The van der Waals surface area contributed by atoms with E-state index in [9.17, 15) is 0 Å². The van der Waals surface area contributed by atoms with Crippen LogP contribution in [0.3, 0.4) is 0 Å². The van der Waals surface area contributed by atoms with Gasteiger partial charge in [-0.25, -0.2) is 0 Å². The summed E-state index contributed by atoms with van der Waals surface area (Å²) in [6.45, 7) is 64.0. The van der Waals surface area contributed by atoms with Crippen molar-refractivity contribution in [2.75, 3.05) is 0 Å². The summed E-state index contributed by atoms with van der Waals surface area (Å²) in [5, 5.41) is 2.29. The number of hydrogen-bond donors (Lipinski definition) is 0. The normalized spacial score (nSPS) is 14.2. The Balaban J connectivity index is 3.59. The van der Waals surface area contributed by atoms with Gasteiger partial charge in [0.25, 0.3) is 0 Å². The molecule has 0 atom stereocenters. The van der Waals surface area contributed by atoms with Crippen LogP contribution in [0.2, 0.25) is 118 Å². The predicted octanol–water partition coefficient (Wildman–Crippen LogP) is 15.6. The van der Waals surface area contributed by atoms with E-state index in [0.717, 1.165) is 15.5 Å². The summed E-state index contributed by atoms with van der Waals surface area (Å²) < 4.78 is 3.90. The van der Waals surface area contributed by atoms with Gasteiger partial charge in [-0.2, -0.15) is 0 Å². The fourth-order valence-corrected chi connectivity index (χ4v) is 57.3. The Bertz CT molecular complexity index is 1400. The molecule has 0 heterocycles. The summed E-state index contributed by atoms with van der Waals surface area (Å²) in [5.74, 6) is 1.97. The molecule has 0 bridgehead atoms. The molecular weight excluding hydrogens is 864 g/mol. The molecule has 7 heteroatoms. The van der Waals surface area contributed by atoms with Crippen molar-refractivity contribution < 1.29 is 0 Å². The second-order valence-corrected chi connectivity index (χ2v) is 61.5. The summed E-state index contributed by atoms with van der Waals surface area (Å²) in [5.41, 5.74) is 10.9. The van der Waals surface area contributed by atoms with Gasteiger partial charge in [0.2, 0.25) is 0 Å². The van der Waals surface area contributed by atoms with Crippen molar-refractivity contribution in [3.05, 3.63) is 57.6 Å². The molecule has 2 radical (unpaired) electrons. The average molecular weight is 959 g/mol. The monoisotopic (exact) mass is 958 g/mol. The van der Waals surface area contributed by atoms with Crippen molar-refractivity contribution in [2.24, 2.45) is 0 Å². The van der Waals surface area contributed by atoms with Gasteiger partial charge in [-0.05, 0) is 0 Å². The van der Waals surface area contributed by atoms with Crippen LogP contribution in [0.5, 0.6) is 0 Å². The molecule has 0 aliphatic heterocycles. The molecule has 0 nitrogen and oxygen atoms in total. The van der Waals surface area contributed by atoms with Crippen LogP contribution in [0.15, 0.2) is 24.3 Å². The fraction of sp³-hybridized carbons (Fsp3) is 0.750. The van der Waals surface area contributed by atoms with Crippen LogP contribution in [-0.4, -0.2) is 69.6 Å². The zero-order valence-corrected chi connectivity index (χ0v) is 50.4. The summed E-state index contributed by atoms with van der Waals surface area (Å²) in [6, 6.07) is 11.6. The molecule has 0 N–H and O–H groups in total. The van der Waals surface area contributed by atoms with Crippen molar-refractivity contribution in [2.45, 2.75) is 231 Å². The van der Waals surface area contributed by atoms with Crippen LogP contribution in [0.1, 0.15) is 147 Å². The maximum atomic E-state index is 2.99. The minimum absolute atomic E-state index is 0.655. The quantitative estimate of drug-likeness (QED) is 0.116. The van der Waals surface area contributed by atoms with E-state index in [4.69, 9.17) is 0 Å². The Kier molecular flexibility index (Phi) is 18.3. The van der Waals surface area contributed by atoms with Gasteiger partial charge in [-0.3, -0.25) is 0 Å². The molecule has 2 rings (SSSR count). The van der Waals surface area contributed by atoms with E-state index in [1.165, 1.54) is 38.5 Å². The number of benzene rings is 2. The Labute approximate surface area is 362 Å². The Hall–Kier alpha value is 0.540. The van der Waals surface area contributed by atoms with E-state index in [0.29, 0.717) is 17.8 Å². The molecule has 55 heavy (non-hydrogen) atoms. The summed E-state index contributed by atoms with van der Waals surface area (Å²) in [4.78, 5) is 0. The molecule has 2 aromatic carbocycles. The summed E-state index contributed by atoms with van der Waals surface area (Å²) >= 11 is -1.28. The van der Waals surface area contributed by atoms with Crippen LogP contribution < -0.4 is 7.16 Å². The third-order valence-corrected chi connectivity index (χ3v) is 45.8. The van der Waals surface area contributed by atoms with Crippen molar-refractivity contribution in [3.63, 3.8) is 0 Å². The molecule has 0 saturated heterocycles. The molecule has 0 aliphatic carbocycles. The molecule has 2 aromatic rings. The first-order chi connectivity index (χ1) is 24.8. The van der Waals surface area contributed by atoms with E-state index in [-0.39, 0.29) is 0 Å². The van der Waals surface area contributed by atoms with Crippen molar-refractivity contribution >= 4 is 76.7 Å². The topological polar surface area (TPSA) is 0 Å². The van der Waals surface area contributed by atoms with E-state index < -0.39 is 69.6 Å². The van der Waals surface area contributed by atoms with Crippen LogP contribution in [0.25, 0.3) is 0 Å². The minimum atomic E-state index is -1.61. The van der Waals surface area contributed by atoms with E-state index >= 15 is 0 Å². The third kappa shape index (κ3) is 12.8. The standard InChI is InChI=1S/C27H59Si6.C21H35.Sn/c1-28(2,3)25(29(4,5)6)22-19-23(26(30(7,8)9)31(10,11)12)21-24(20-22)27(32(13,14)15)33(16,17)18;1-7-16(8-2)19-13-20(17(9-3)10-4)15-21(14-19)18(11-5)12-6;/h19-20,25-27H,1-18H3;13-14,16-18H,7-12H2,1-6H3;. The first-order valence-corrected chi connectivity index (χ1v) is 47.3. The third-order valence-electron chi connectivity index (χ3n) is 13.2. The second kappa shape index (κ2) is 19.5. The Morgan fingerprint density at radius 3 is 0.800 bits per heavy atom. The molecule has 0 saturated carbocycles. The second-order valence-electron chi connectivity index (χ2n) is 24.3. The van der Waals surface area contributed by atoms with Gasteiger partial charge < -0.3 is 0 Å². The van der Waals surface area contributed by atoms with E-state index in [2.05, 4.69) is 184 Å².